The van der Waals surface area contributed by atoms with Crippen molar-refractivity contribution in [2.75, 3.05) is 26.2 Å². The fourth-order valence-corrected chi connectivity index (χ4v) is 3.96. The molecule has 0 radical (unpaired) electrons. The zero-order chi connectivity index (χ0) is 24.5. The summed E-state index contributed by atoms with van der Waals surface area (Å²) >= 11 is 0. The third kappa shape index (κ3) is 3.74. The van der Waals surface area contributed by atoms with Crippen molar-refractivity contribution in [2.45, 2.75) is 18.8 Å². The smallest absolute Gasteiger partial charge is 0.294 e. The second-order valence-corrected chi connectivity index (χ2v) is 7.70. The molecule has 1 amide bonds. The van der Waals surface area contributed by atoms with Gasteiger partial charge in [0.1, 0.15) is 17.7 Å². The number of hydrogen-bond acceptors (Lipinski definition) is 8. The van der Waals surface area contributed by atoms with E-state index in [-0.39, 0.29) is 5.57 Å². The minimum Gasteiger partial charge on any atom is -0.503 e. The second kappa shape index (κ2) is 9.12. The largest absolute Gasteiger partial charge is 0.503 e. The van der Waals surface area contributed by atoms with Crippen LogP contribution in [0, 0.1) is 0 Å². The Morgan fingerprint density at radius 3 is 2.32 bits per heavy atom. The number of amides is 1. The number of aliphatic hydroxyl groups excluding tert-OH is 1. The summed E-state index contributed by atoms with van der Waals surface area (Å²) in [5.74, 6) is -3.36. The van der Waals surface area contributed by atoms with Crippen molar-refractivity contribution in [2.24, 2.45) is 0 Å². The van der Waals surface area contributed by atoms with Gasteiger partial charge in [0.2, 0.25) is 11.6 Å². The summed E-state index contributed by atoms with van der Waals surface area (Å²) in [4.78, 5) is 28.2. The molecule has 2 heterocycles. The number of carbonyl (C=O) groups is 2. The lowest BCUT2D eigenvalue weighted by Gasteiger charge is -2.31. The van der Waals surface area contributed by atoms with Crippen molar-refractivity contribution in [1.29, 1.82) is 0 Å². The van der Waals surface area contributed by atoms with Crippen LogP contribution < -0.4 is 9.64 Å². The van der Waals surface area contributed by atoms with Gasteiger partial charge in [0.25, 0.3) is 5.91 Å². The SMILES string of the molecule is COc1ccccc1C1C(C(=O)C(C)(OC)OC)=C(O)C(=O)N1c1ccc(-c2ccon2)cc1. The maximum atomic E-state index is 13.5. The van der Waals surface area contributed by atoms with Crippen LogP contribution in [0.5, 0.6) is 5.75 Å². The molecule has 3 aromatic rings. The third-order valence-corrected chi connectivity index (χ3v) is 5.96. The van der Waals surface area contributed by atoms with Crippen LogP contribution in [0.2, 0.25) is 0 Å². The molecule has 1 atom stereocenters. The van der Waals surface area contributed by atoms with Crippen LogP contribution in [0.3, 0.4) is 0 Å². The Morgan fingerprint density at radius 2 is 1.74 bits per heavy atom. The molecule has 1 unspecified atom stereocenters. The van der Waals surface area contributed by atoms with Crippen LogP contribution >= 0.6 is 0 Å². The number of aliphatic hydroxyl groups is 1. The van der Waals surface area contributed by atoms with Gasteiger partial charge in [-0.25, -0.2) is 0 Å². The van der Waals surface area contributed by atoms with Gasteiger partial charge >= 0.3 is 0 Å². The van der Waals surface area contributed by atoms with Crippen LogP contribution in [0.1, 0.15) is 18.5 Å². The first-order chi connectivity index (χ1) is 16.4. The topological polar surface area (TPSA) is 111 Å². The van der Waals surface area contributed by atoms with Crippen LogP contribution in [0.4, 0.5) is 5.69 Å². The van der Waals surface area contributed by atoms with Gasteiger partial charge in [-0.3, -0.25) is 14.5 Å². The fourth-order valence-electron chi connectivity index (χ4n) is 3.96. The van der Waals surface area contributed by atoms with E-state index in [4.69, 9.17) is 18.7 Å². The van der Waals surface area contributed by atoms with Crippen molar-refractivity contribution >= 4 is 17.4 Å². The number of benzene rings is 2. The minimum atomic E-state index is -1.71. The zero-order valence-corrected chi connectivity index (χ0v) is 19.1. The number of hydrogen-bond donors (Lipinski definition) is 1. The summed E-state index contributed by atoms with van der Waals surface area (Å²) in [6, 6.07) is 14.7. The molecule has 0 saturated carbocycles. The van der Waals surface area contributed by atoms with Crippen LogP contribution in [0.15, 0.2) is 76.7 Å². The molecule has 34 heavy (non-hydrogen) atoms. The maximum absolute atomic E-state index is 13.5. The van der Waals surface area contributed by atoms with Gasteiger partial charge < -0.3 is 23.8 Å². The molecule has 0 spiro atoms. The number of aromatic nitrogens is 1. The molecule has 9 heteroatoms. The van der Waals surface area contributed by atoms with Gasteiger partial charge in [-0.1, -0.05) is 35.5 Å². The van der Waals surface area contributed by atoms with Gasteiger partial charge in [0, 0.05) is 37.1 Å². The number of methoxy groups -OCH3 is 3. The number of rotatable bonds is 8. The standard InChI is InChI=1S/C25H24N2O7/c1-25(32-3,33-4)23(29)20-21(17-7-5-6-8-19(17)31-2)27(24(30)22(20)28)16-11-9-15(10-12-16)18-13-14-34-26-18/h5-14,21,28H,1-4H3. The van der Waals surface area contributed by atoms with Gasteiger partial charge in [0.05, 0.1) is 18.7 Å². The third-order valence-electron chi connectivity index (χ3n) is 5.96. The Morgan fingerprint density at radius 1 is 1.06 bits per heavy atom. The van der Waals surface area contributed by atoms with E-state index >= 15 is 0 Å². The predicted molar refractivity (Wildman–Crippen MR) is 122 cm³/mol. The zero-order valence-electron chi connectivity index (χ0n) is 19.1. The Bertz CT molecular complexity index is 1230. The van der Waals surface area contributed by atoms with E-state index in [1.54, 1.807) is 54.6 Å². The highest BCUT2D eigenvalue weighted by atomic mass is 16.7. The maximum Gasteiger partial charge on any atom is 0.294 e. The first-order valence-corrected chi connectivity index (χ1v) is 10.4. The van der Waals surface area contributed by atoms with Crippen molar-refractivity contribution in [3.63, 3.8) is 0 Å². The van der Waals surface area contributed by atoms with Gasteiger partial charge in [0.15, 0.2) is 5.76 Å². The van der Waals surface area contributed by atoms with E-state index in [9.17, 15) is 14.7 Å². The fraction of sp³-hybridized carbons (Fsp3) is 0.240. The highest BCUT2D eigenvalue weighted by Gasteiger charge is 2.50. The van der Waals surface area contributed by atoms with E-state index in [2.05, 4.69) is 5.16 Å². The summed E-state index contributed by atoms with van der Waals surface area (Å²) in [7, 11) is 4.12. The van der Waals surface area contributed by atoms with Crippen molar-refractivity contribution < 1.29 is 33.4 Å². The predicted octanol–water partition coefficient (Wildman–Crippen LogP) is 3.83. The average molecular weight is 464 g/mol. The van der Waals surface area contributed by atoms with Crippen LogP contribution in [-0.2, 0) is 19.1 Å². The Kier molecular flexibility index (Phi) is 6.23. The van der Waals surface area contributed by atoms with Crippen molar-refractivity contribution in [3.05, 3.63) is 77.8 Å². The molecule has 0 aliphatic carbocycles. The molecular weight excluding hydrogens is 440 g/mol. The summed E-state index contributed by atoms with van der Waals surface area (Å²) in [5.41, 5.74) is 2.23. The molecular formula is C25H24N2O7. The quantitative estimate of drug-likeness (QED) is 0.501. The molecule has 176 valence electrons. The normalized spacial score (nSPS) is 16.3. The molecule has 0 saturated heterocycles. The number of ether oxygens (including phenoxy) is 3. The number of ketones is 1. The van der Waals surface area contributed by atoms with E-state index in [1.165, 1.54) is 39.4 Å². The second-order valence-electron chi connectivity index (χ2n) is 7.70. The number of anilines is 1. The molecule has 2 aromatic carbocycles. The molecule has 1 N–H and O–H groups in total. The summed E-state index contributed by atoms with van der Waals surface area (Å²) < 4.78 is 21.0. The van der Waals surface area contributed by atoms with Gasteiger partial charge in [-0.15, -0.1) is 0 Å². The highest BCUT2D eigenvalue weighted by molar-refractivity contribution is 6.18. The molecule has 1 aliphatic rings. The molecule has 1 aromatic heterocycles. The monoisotopic (exact) mass is 464 g/mol. The van der Waals surface area contributed by atoms with Gasteiger partial charge in [-0.05, 0) is 25.1 Å². The summed E-state index contributed by atoms with van der Waals surface area (Å²) in [6.45, 7) is 1.43. The first kappa shape index (κ1) is 23.2. The van der Waals surface area contributed by atoms with E-state index in [0.29, 0.717) is 22.7 Å². The lowest BCUT2D eigenvalue weighted by Crippen LogP contribution is -2.42. The van der Waals surface area contributed by atoms with E-state index in [1.807, 2.05) is 0 Å². The molecule has 0 bridgehead atoms. The lowest BCUT2D eigenvalue weighted by atomic mass is 9.92. The Hall–Kier alpha value is -3.95. The number of nitrogens with zero attached hydrogens (tertiary/aromatic N) is 2. The van der Waals surface area contributed by atoms with E-state index in [0.717, 1.165) is 5.56 Å². The highest BCUT2D eigenvalue weighted by Crippen LogP contribution is 2.45. The average Bonchev–Trinajstić information content (AvgIpc) is 3.50. The minimum absolute atomic E-state index is 0.152. The van der Waals surface area contributed by atoms with E-state index < -0.39 is 29.3 Å². The molecule has 4 rings (SSSR count). The lowest BCUT2D eigenvalue weighted by molar-refractivity contribution is -0.195. The number of Topliss-reactive ketones (excluding diaryl/α,β-unsaturated/α-hetero) is 1. The first-order valence-electron chi connectivity index (χ1n) is 10.4. The van der Waals surface area contributed by atoms with Crippen molar-refractivity contribution in [1.82, 2.24) is 5.16 Å². The number of para-hydroxylation sites is 1. The van der Waals surface area contributed by atoms with Crippen LogP contribution in [-0.4, -0.2) is 49.1 Å². The van der Waals surface area contributed by atoms with Crippen molar-refractivity contribution in [3.8, 4) is 17.0 Å². The Labute approximate surface area is 196 Å². The summed E-state index contributed by atoms with van der Waals surface area (Å²) in [5, 5.41) is 14.8. The van der Waals surface area contributed by atoms with Crippen LogP contribution in [0.25, 0.3) is 11.3 Å². The number of carbonyl (C=O) groups excluding carboxylic acids is 2. The molecule has 9 nitrogen and oxygen atoms in total. The molecule has 0 fully saturated rings. The van der Waals surface area contributed by atoms with Gasteiger partial charge in [-0.2, -0.15) is 0 Å². The molecule has 1 aliphatic heterocycles. The Balaban J connectivity index is 1.86. The summed E-state index contributed by atoms with van der Waals surface area (Å²) in [6.07, 6.45) is 1.47.